The lowest BCUT2D eigenvalue weighted by atomic mass is 10.2. The van der Waals surface area contributed by atoms with Crippen LogP contribution in [0.4, 0.5) is 0 Å². The molecule has 3 aromatic rings. The lowest BCUT2D eigenvalue weighted by Crippen LogP contribution is -2.48. The maximum atomic E-state index is 13.3. The number of ether oxygens (including phenoxy) is 1. The molecule has 0 aliphatic carbocycles. The van der Waals surface area contributed by atoms with Crippen molar-refractivity contribution in [1.29, 1.82) is 0 Å². The number of para-hydroxylation sites is 1. The number of aryl methyl sites for hydroxylation is 1. The second-order valence-corrected chi connectivity index (χ2v) is 8.67. The first-order valence-electron chi connectivity index (χ1n) is 10.1. The number of rotatable bonds is 4. The number of carbonyl (C=O) groups is 1. The highest BCUT2D eigenvalue weighted by atomic mass is 32.2. The summed E-state index contributed by atoms with van der Waals surface area (Å²) in [4.78, 5) is 32.6. The zero-order valence-electron chi connectivity index (χ0n) is 17.4. The van der Waals surface area contributed by atoms with Gasteiger partial charge >= 0.3 is 0 Å². The normalized spacial score (nSPS) is 19.2. The second-order valence-electron chi connectivity index (χ2n) is 7.73. The lowest BCUT2D eigenvalue weighted by Gasteiger charge is -2.35. The van der Waals surface area contributed by atoms with Crippen LogP contribution in [0.15, 0.2) is 58.5 Å². The molecule has 30 heavy (non-hydrogen) atoms. The molecular formula is C23H25N3O3S. The maximum absolute atomic E-state index is 13.3. The van der Waals surface area contributed by atoms with Gasteiger partial charge < -0.3 is 9.64 Å². The van der Waals surface area contributed by atoms with E-state index in [9.17, 15) is 9.59 Å². The van der Waals surface area contributed by atoms with Crippen molar-refractivity contribution in [2.24, 2.45) is 0 Å². The summed E-state index contributed by atoms with van der Waals surface area (Å²) in [5.41, 5.74) is 2.36. The Balaban J connectivity index is 1.67. The summed E-state index contributed by atoms with van der Waals surface area (Å²) < 4.78 is 7.32. The minimum Gasteiger partial charge on any atom is -0.372 e. The molecule has 0 radical (unpaired) electrons. The molecule has 2 atom stereocenters. The van der Waals surface area contributed by atoms with Crippen LogP contribution in [0.2, 0.25) is 0 Å². The van der Waals surface area contributed by atoms with Crippen LogP contribution in [-0.2, 0) is 9.53 Å². The quantitative estimate of drug-likeness (QED) is 0.475. The van der Waals surface area contributed by atoms with Crippen LogP contribution in [0.25, 0.3) is 16.6 Å². The van der Waals surface area contributed by atoms with E-state index in [4.69, 9.17) is 9.72 Å². The van der Waals surface area contributed by atoms with Crippen molar-refractivity contribution in [3.05, 3.63) is 64.4 Å². The van der Waals surface area contributed by atoms with Gasteiger partial charge in [0.05, 0.1) is 34.6 Å². The van der Waals surface area contributed by atoms with Gasteiger partial charge in [0.15, 0.2) is 5.16 Å². The summed E-state index contributed by atoms with van der Waals surface area (Å²) in [6.07, 6.45) is 0.0412. The zero-order chi connectivity index (χ0) is 21.3. The van der Waals surface area contributed by atoms with Gasteiger partial charge in [0.1, 0.15) is 0 Å². The number of hydrogen-bond donors (Lipinski definition) is 0. The van der Waals surface area contributed by atoms with E-state index in [1.54, 1.807) is 10.6 Å². The number of fused-ring (bicyclic) bond motifs is 1. The van der Waals surface area contributed by atoms with Crippen LogP contribution in [0.1, 0.15) is 19.4 Å². The van der Waals surface area contributed by atoms with Gasteiger partial charge in [-0.2, -0.15) is 0 Å². The van der Waals surface area contributed by atoms with Gasteiger partial charge in [0, 0.05) is 13.1 Å². The lowest BCUT2D eigenvalue weighted by molar-refractivity contribution is -0.140. The van der Waals surface area contributed by atoms with E-state index in [-0.39, 0.29) is 29.4 Å². The predicted octanol–water partition coefficient (Wildman–Crippen LogP) is 3.42. The van der Waals surface area contributed by atoms with Gasteiger partial charge in [-0.25, -0.2) is 4.98 Å². The Labute approximate surface area is 179 Å². The van der Waals surface area contributed by atoms with Crippen LogP contribution in [0.5, 0.6) is 0 Å². The van der Waals surface area contributed by atoms with Crippen molar-refractivity contribution in [3.8, 4) is 5.69 Å². The van der Waals surface area contributed by atoms with Gasteiger partial charge in [-0.1, -0.05) is 41.6 Å². The molecule has 0 spiro atoms. The number of carbonyl (C=O) groups excluding carboxylic acids is 1. The number of nitrogens with zero attached hydrogens (tertiary/aromatic N) is 3. The number of hydrogen-bond acceptors (Lipinski definition) is 5. The summed E-state index contributed by atoms with van der Waals surface area (Å²) in [6.45, 7) is 7.12. The average Bonchev–Trinajstić information content (AvgIpc) is 2.72. The van der Waals surface area contributed by atoms with Crippen molar-refractivity contribution in [3.63, 3.8) is 0 Å². The number of aromatic nitrogens is 2. The molecule has 4 rings (SSSR count). The molecule has 7 heteroatoms. The molecule has 0 saturated carbocycles. The first-order valence-corrected chi connectivity index (χ1v) is 11.1. The molecule has 1 fully saturated rings. The second kappa shape index (κ2) is 8.62. The maximum Gasteiger partial charge on any atom is 0.266 e. The summed E-state index contributed by atoms with van der Waals surface area (Å²) in [6, 6.07) is 15.1. The largest absolute Gasteiger partial charge is 0.372 e. The summed E-state index contributed by atoms with van der Waals surface area (Å²) in [5.74, 6) is 0.246. The van der Waals surface area contributed by atoms with Gasteiger partial charge in [0.25, 0.3) is 5.56 Å². The van der Waals surface area contributed by atoms with Crippen LogP contribution in [-0.4, -0.2) is 51.4 Å². The van der Waals surface area contributed by atoms with E-state index in [1.165, 1.54) is 11.8 Å². The summed E-state index contributed by atoms with van der Waals surface area (Å²) >= 11 is 1.30. The Hall–Kier alpha value is -2.64. The fourth-order valence-electron chi connectivity index (χ4n) is 3.73. The molecule has 0 bridgehead atoms. The van der Waals surface area contributed by atoms with Crippen LogP contribution in [0.3, 0.4) is 0 Å². The van der Waals surface area contributed by atoms with Crippen LogP contribution >= 0.6 is 11.8 Å². The van der Waals surface area contributed by atoms with Gasteiger partial charge in [-0.05, 0) is 45.0 Å². The fraction of sp³-hybridized carbons (Fsp3) is 0.348. The van der Waals surface area contributed by atoms with Gasteiger partial charge in [-0.3, -0.25) is 14.2 Å². The van der Waals surface area contributed by atoms with Crippen LogP contribution in [0, 0.1) is 6.92 Å². The van der Waals surface area contributed by atoms with Crippen molar-refractivity contribution < 1.29 is 9.53 Å². The molecule has 6 nitrogen and oxygen atoms in total. The molecule has 1 aliphatic heterocycles. The first-order chi connectivity index (χ1) is 14.4. The van der Waals surface area contributed by atoms with Crippen molar-refractivity contribution in [2.75, 3.05) is 18.8 Å². The number of morpholine rings is 1. The molecule has 1 saturated heterocycles. The molecular weight excluding hydrogens is 398 g/mol. The first kappa shape index (κ1) is 20.6. The Kier molecular flexibility index (Phi) is 5.92. The highest BCUT2D eigenvalue weighted by Gasteiger charge is 2.26. The monoisotopic (exact) mass is 423 g/mol. The van der Waals surface area contributed by atoms with E-state index >= 15 is 0 Å². The average molecular weight is 424 g/mol. The standard InChI is InChI=1S/C23H25N3O3S/c1-15-8-10-18(11-9-15)26-22(28)19-6-4-5-7-20(19)24-23(26)30-14-21(27)25-12-16(2)29-17(3)13-25/h4-11,16-17H,12-14H2,1-3H3/t16-,17-/m1/s1. The Morgan fingerprint density at radius 1 is 1.10 bits per heavy atom. The topological polar surface area (TPSA) is 64.4 Å². The molecule has 0 unspecified atom stereocenters. The minimum atomic E-state index is -0.131. The highest BCUT2D eigenvalue weighted by molar-refractivity contribution is 7.99. The van der Waals surface area contributed by atoms with Crippen LogP contribution < -0.4 is 5.56 Å². The Morgan fingerprint density at radius 2 is 1.77 bits per heavy atom. The number of benzene rings is 2. The molecule has 2 heterocycles. The SMILES string of the molecule is Cc1ccc(-n2c(SCC(=O)N3C[C@@H](C)O[C@H](C)C3)nc3ccccc3c2=O)cc1. The molecule has 2 aromatic carbocycles. The third-order valence-corrected chi connectivity index (χ3v) is 6.06. The summed E-state index contributed by atoms with van der Waals surface area (Å²) in [5, 5.41) is 1.08. The predicted molar refractivity (Wildman–Crippen MR) is 119 cm³/mol. The van der Waals surface area contributed by atoms with Gasteiger partial charge in [-0.15, -0.1) is 0 Å². The third kappa shape index (κ3) is 4.27. The smallest absolute Gasteiger partial charge is 0.266 e. The Bertz CT molecular complexity index is 1120. The van der Waals surface area contributed by atoms with Crippen molar-refractivity contribution in [1.82, 2.24) is 14.5 Å². The molecule has 156 valence electrons. The highest BCUT2D eigenvalue weighted by Crippen LogP contribution is 2.23. The van der Waals surface area contributed by atoms with Gasteiger partial charge in [0.2, 0.25) is 5.91 Å². The summed E-state index contributed by atoms with van der Waals surface area (Å²) in [7, 11) is 0. The fourth-order valence-corrected chi connectivity index (χ4v) is 4.65. The van der Waals surface area contributed by atoms with E-state index in [1.807, 2.05) is 68.1 Å². The molecule has 1 aromatic heterocycles. The van der Waals surface area contributed by atoms with Crippen molar-refractivity contribution in [2.45, 2.75) is 38.1 Å². The number of amides is 1. The Morgan fingerprint density at radius 3 is 2.47 bits per heavy atom. The van der Waals surface area contributed by atoms with E-state index in [0.29, 0.717) is 29.1 Å². The molecule has 1 amide bonds. The number of thioether (sulfide) groups is 1. The third-order valence-electron chi connectivity index (χ3n) is 5.13. The molecule has 1 aliphatic rings. The van der Waals surface area contributed by atoms with E-state index in [0.717, 1.165) is 11.3 Å². The molecule has 0 N–H and O–H groups in total. The zero-order valence-corrected chi connectivity index (χ0v) is 18.2. The van der Waals surface area contributed by atoms with E-state index in [2.05, 4.69) is 0 Å². The van der Waals surface area contributed by atoms with E-state index < -0.39 is 0 Å². The minimum absolute atomic E-state index is 0.0206. The van der Waals surface area contributed by atoms with Crippen molar-refractivity contribution >= 4 is 28.6 Å².